The quantitative estimate of drug-likeness (QED) is 0.295. The Morgan fingerprint density at radius 2 is 1.43 bits per heavy atom. The van der Waals surface area contributed by atoms with E-state index in [1.165, 1.54) is 48.3 Å². The van der Waals surface area contributed by atoms with Crippen LogP contribution >= 0.6 is 11.9 Å². The predicted molar refractivity (Wildman–Crippen MR) is 192 cm³/mol. The highest BCUT2D eigenvalue weighted by Crippen LogP contribution is 2.31. The van der Waals surface area contributed by atoms with E-state index >= 15 is 0 Å². The van der Waals surface area contributed by atoms with Crippen LogP contribution in [0.2, 0.25) is 0 Å². The maximum Gasteiger partial charge on any atom is 0.282 e. The summed E-state index contributed by atoms with van der Waals surface area (Å²) < 4.78 is 40.5. The van der Waals surface area contributed by atoms with Gasteiger partial charge in [0.15, 0.2) is 0 Å². The lowest BCUT2D eigenvalue weighted by molar-refractivity contribution is 0.0656. The molecule has 3 fully saturated rings. The third-order valence-corrected chi connectivity index (χ3v) is 13.2. The Bertz CT molecular complexity index is 1270. The van der Waals surface area contributed by atoms with Crippen molar-refractivity contribution < 1.29 is 13.2 Å². The lowest BCUT2D eigenvalue weighted by atomic mass is 9.89. The van der Waals surface area contributed by atoms with Gasteiger partial charge in [0, 0.05) is 77.6 Å². The van der Waals surface area contributed by atoms with Gasteiger partial charge in [-0.1, -0.05) is 49.6 Å². The molecule has 2 aromatic carbocycles. The first kappa shape index (κ1) is 35.6. The predicted octanol–water partition coefficient (Wildman–Crippen LogP) is 6.18. The van der Waals surface area contributed by atoms with Crippen LogP contribution in [0, 0.1) is 5.92 Å². The molecule has 2 saturated heterocycles. The molecule has 3 aliphatic rings. The van der Waals surface area contributed by atoms with Crippen LogP contribution in [-0.4, -0.2) is 112 Å². The number of anilines is 1. The Morgan fingerprint density at radius 1 is 0.761 bits per heavy atom. The molecule has 256 valence electrons. The Labute approximate surface area is 283 Å². The fourth-order valence-electron chi connectivity index (χ4n) is 7.37. The summed E-state index contributed by atoms with van der Waals surface area (Å²) >= 11 is 1.76. The molecule has 2 heterocycles. The molecule has 0 amide bonds. The first-order chi connectivity index (χ1) is 22.3. The molecule has 0 radical (unpaired) electrons. The normalized spacial score (nSPS) is 23.5. The number of hydrogen-bond donors (Lipinski definition) is 0. The summed E-state index contributed by atoms with van der Waals surface area (Å²) in [6.45, 7) is 6.75. The standard InChI is InChI=1S/C36H57N5O3S2/c1-37(2)34-16-18-36(19-17-34)45-39-24-10-22-38(28-31-12-6-4-7-13-31)23-11-25-41(30-35(29-39)44-3)46(42,43)40-26-20-33(21-27-40)32-14-8-5-9-15-32/h5,8-9,14-19,31,33,35H,4,6-7,10-13,20-30H2,1-3H3. The van der Waals surface area contributed by atoms with Gasteiger partial charge in [0.25, 0.3) is 10.2 Å². The fourth-order valence-corrected chi connectivity index (χ4v) is 10.1. The minimum atomic E-state index is -3.62. The lowest BCUT2D eigenvalue weighted by Crippen LogP contribution is -2.51. The number of nitrogens with zero attached hydrogens (tertiary/aromatic N) is 5. The molecule has 10 heteroatoms. The molecular weight excluding hydrogens is 615 g/mol. The highest BCUT2D eigenvalue weighted by atomic mass is 32.2. The molecule has 0 aromatic heterocycles. The van der Waals surface area contributed by atoms with E-state index in [2.05, 4.69) is 76.7 Å². The van der Waals surface area contributed by atoms with Gasteiger partial charge in [0.1, 0.15) is 0 Å². The number of ether oxygens (including phenoxy) is 1. The summed E-state index contributed by atoms with van der Waals surface area (Å²) in [6, 6.07) is 19.2. The van der Waals surface area contributed by atoms with E-state index in [0.717, 1.165) is 57.8 Å². The van der Waals surface area contributed by atoms with Crippen molar-refractivity contribution in [1.82, 2.24) is 17.8 Å². The second-order valence-electron chi connectivity index (χ2n) is 13.7. The van der Waals surface area contributed by atoms with Gasteiger partial charge in [0.05, 0.1) is 6.10 Å². The van der Waals surface area contributed by atoms with Gasteiger partial charge >= 0.3 is 0 Å². The highest BCUT2D eigenvalue weighted by molar-refractivity contribution is 7.97. The van der Waals surface area contributed by atoms with Crippen LogP contribution in [-0.2, 0) is 14.9 Å². The molecule has 0 N–H and O–H groups in total. The summed E-state index contributed by atoms with van der Waals surface area (Å²) in [7, 11) is 2.23. The van der Waals surface area contributed by atoms with Crippen LogP contribution < -0.4 is 4.90 Å². The summed E-state index contributed by atoms with van der Waals surface area (Å²) in [5.41, 5.74) is 2.50. The smallest absolute Gasteiger partial charge is 0.282 e. The molecule has 1 unspecified atom stereocenters. The van der Waals surface area contributed by atoms with E-state index in [-0.39, 0.29) is 6.10 Å². The molecule has 2 aliphatic heterocycles. The average molecular weight is 672 g/mol. The summed E-state index contributed by atoms with van der Waals surface area (Å²) in [5, 5.41) is 0. The molecule has 1 saturated carbocycles. The monoisotopic (exact) mass is 671 g/mol. The highest BCUT2D eigenvalue weighted by Gasteiger charge is 2.35. The molecule has 1 aliphatic carbocycles. The first-order valence-electron chi connectivity index (χ1n) is 17.6. The fraction of sp³-hybridized carbons (Fsp3) is 0.667. The minimum absolute atomic E-state index is 0.219. The van der Waals surface area contributed by atoms with Crippen LogP contribution in [0.15, 0.2) is 59.5 Å². The molecule has 5 rings (SSSR count). The second kappa shape index (κ2) is 17.7. The van der Waals surface area contributed by atoms with Gasteiger partial charge in [-0.3, -0.25) is 0 Å². The summed E-state index contributed by atoms with van der Waals surface area (Å²) in [5.74, 6) is 1.18. The van der Waals surface area contributed by atoms with E-state index in [1.54, 1.807) is 27.7 Å². The van der Waals surface area contributed by atoms with Crippen LogP contribution in [0.1, 0.15) is 69.3 Å². The van der Waals surface area contributed by atoms with Gasteiger partial charge in [-0.05, 0) is 105 Å². The molecule has 2 aromatic rings. The maximum atomic E-state index is 14.3. The van der Waals surface area contributed by atoms with Gasteiger partial charge in [0.2, 0.25) is 0 Å². The van der Waals surface area contributed by atoms with Crippen LogP contribution in [0.4, 0.5) is 5.69 Å². The van der Waals surface area contributed by atoms with Gasteiger partial charge in [-0.25, -0.2) is 4.31 Å². The van der Waals surface area contributed by atoms with Gasteiger partial charge < -0.3 is 14.5 Å². The Kier molecular flexibility index (Phi) is 13.7. The van der Waals surface area contributed by atoms with E-state index in [1.807, 2.05) is 6.07 Å². The number of hydrogen-bond acceptors (Lipinski definition) is 7. The van der Waals surface area contributed by atoms with Gasteiger partial charge in [-0.2, -0.15) is 17.0 Å². The zero-order valence-corrected chi connectivity index (χ0v) is 30.1. The number of rotatable bonds is 9. The van der Waals surface area contributed by atoms with Crippen LogP contribution in [0.25, 0.3) is 0 Å². The Hall–Kier alpha value is -1.66. The molecule has 46 heavy (non-hydrogen) atoms. The zero-order chi connectivity index (χ0) is 32.4. The molecule has 8 nitrogen and oxygen atoms in total. The second-order valence-corrected chi connectivity index (χ2v) is 16.8. The SMILES string of the molecule is COC1CN(Sc2ccc(N(C)C)cc2)CCCN(CC2CCCCC2)CCCN(S(=O)(=O)N2CCC(c3ccccc3)CC2)C1. The molecule has 1 atom stereocenters. The Morgan fingerprint density at radius 3 is 2.09 bits per heavy atom. The van der Waals surface area contributed by atoms with E-state index in [0.29, 0.717) is 38.6 Å². The first-order valence-corrected chi connectivity index (χ1v) is 19.7. The summed E-state index contributed by atoms with van der Waals surface area (Å²) in [4.78, 5) is 5.94. The van der Waals surface area contributed by atoms with Crippen molar-refractivity contribution in [3.05, 3.63) is 60.2 Å². The van der Waals surface area contributed by atoms with Crippen LogP contribution in [0.5, 0.6) is 0 Å². The molecule has 0 spiro atoms. The third kappa shape index (κ3) is 10.2. The summed E-state index contributed by atoms with van der Waals surface area (Å²) in [6.07, 6.45) is 10.2. The van der Waals surface area contributed by atoms with E-state index in [4.69, 9.17) is 4.74 Å². The zero-order valence-electron chi connectivity index (χ0n) is 28.4. The lowest BCUT2D eigenvalue weighted by Gasteiger charge is -2.37. The number of piperidine rings is 1. The van der Waals surface area contributed by atoms with E-state index < -0.39 is 10.2 Å². The topological polar surface area (TPSA) is 59.6 Å². The number of methoxy groups -OCH3 is 1. The van der Waals surface area contributed by atoms with Crippen molar-refractivity contribution in [2.75, 3.05) is 85.0 Å². The molecular formula is C36H57N5O3S2. The van der Waals surface area contributed by atoms with E-state index in [9.17, 15) is 8.42 Å². The largest absolute Gasteiger partial charge is 0.379 e. The van der Waals surface area contributed by atoms with Crippen LogP contribution in [0.3, 0.4) is 0 Å². The van der Waals surface area contributed by atoms with Crippen molar-refractivity contribution in [2.45, 2.75) is 74.7 Å². The van der Waals surface area contributed by atoms with Crippen molar-refractivity contribution >= 4 is 27.8 Å². The average Bonchev–Trinajstić information content (AvgIpc) is 3.07. The van der Waals surface area contributed by atoms with Gasteiger partial charge in [-0.15, -0.1) is 0 Å². The van der Waals surface area contributed by atoms with Crippen molar-refractivity contribution in [3.63, 3.8) is 0 Å². The Balaban J connectivity index is 1.30. The van der Waals surface area contributed by atoms with Crippen molar-refractivity contribution in [2.24, 2.45) is 5.92 Å². The molecule has 0 bridgehead atoms. The van der Waals surface area contributed by atoms with Crippen molar-refractivity contribution in [1.29, 1.82) is 0 Å². The number of benzene rings is 2. The maximum absolute atomic E-state index is 14.3. The third-order valence-electron chi connectivity index (χ3n) is 10.1. The van der Waals surface area contributed by atoms with Crippen molar-refractivity contribution in [3.8, 4) is 0 Å². The minimum Gasteiger partial charge on any atom is -0.379 e.